The third kappa shape index (κ3) is 5.39. The smallest absolute Gasteiger partial charge is 0.418 e. The Hall–Kier alpha value is -2.74. The molecule has 0 aliphatic rings. The molecule has 0 radical (unpaired) electrons. The fourth-order valence-electron chi connectivity index (χ4n) is 2.06. The number of imide groups is 1. The van der Waals surface area contributed by atoms with Gasteiger partial charge in [-0.15, -0.1) is 0 Å². The van der Waals surface area contributed by atoms with Crippen molar-refractivity contribution in [3.63, 3.8) is 0 Å². The molecule has 8 N–H and O–H groups in total. The first-order chi connectivity index (χ1) is 12.8. The van der Waals surface area contributed by atoms with E-state index in [0.29, 0.717) is 0 Å². The van der Waals surface area contributed by atoms with Crippen molar-refractivity contribution in [3.8, 4) is 0 Å². The maximum atomic E-state index is 12.7. The van der Waals surface area contributed by atoms with Crippen molar-refractivity contribution < 1.29 is 38.2 Å². The summed E-state index contributed by atoms with van der Waals surface area (Å²) < 4.78 is 9.38. The van der Waals surface area contributed by atoms with Gasteiger partial charge in [-0.25, -0.2) is 14.5 Å². The SMILES string of the molecule is CC(C)(C)OC(=O)N(C(=O)CN)C(C(=O)CN)(C(=O)CN)C(=O)OC(=O)CN. The van der Waals surface area contributed by atoms with Crippen molar-refractivity contribution in [2.24, 2.45) is 22.9 Å². The number of hydrogen-bond acceptors (Lipinski definition) is 12. The fraction of sp³-hybridized carbons (Fsp3) is 0.600. The average molecular weight is 403 g/mol. The van der Waals surface area contributed by atoms with E-state index in [1.54, 1.807) is 0 Å². The Kier molecular flexibility index (Phi) is 9.01. The second-order valence-electron chi connectivity index (χ2n) is 6.34. The molecule has 0 rings (SSSR count). The molecule has 0 bridgehead atoms. The Balaban J connectivity index is 6.84. The minimum Gasteiger partial charge on any atom is -0.443 e. The van der Waals surface area contributed by atoms with Gasteiger partial charge in [0.15, 0.2) is 11.6 Å². The van der Waals surface area contributed by atoms with E-state index >= 15 is 0 Å². The molecular formula is C15H25N5O8. The molecule has 13 heteroatoms. The molecule has 0 aromatic carbocycles. The number of carbonyl (C=O) groups excluding carboxylic acids is 6. The normalized spacial score (nSPS) is 11.4. The highest BCUT2D eigenvalue weighted by Gasteiger charge is 2.62. The summed E-state index contributed by atoms with van der Waals surface area (Å²) in [5, 5.41) is 0. The van der Waals surface area contributed by atoms with Gasteiger partial charge in [0.2, 0.25) is 5.91 Å². The number of nitrogens with zero attached hydrogens (tertiary/aromatic N) is 1. The van der Waals surface area contributed by atoms with Crippen LogP contribution in [0.3, 0.4) is 0 Å². The van der Waals surface area contributed by atoms with E-state index in [4.69, 9.17) is 27.7 Å². The van der Waals surface area contributed by atoms with Crippen LogP contribution in [0.4, 0.5) is 4.79 Å². The topological polar surface area (TPSA) is 228 Å². The molecule has 0 fully saturated rings. The van der Waals surface area contributed by atoms with E-state index in [2.05, 4.69) is 4.74 Å². The van der Waals surface area contributed by atoms with E-state index < -0.39 is 72.8 Å². The van der Waals surface area contributed by atoms with Crippen LogP contribution >= 0.6 is 0 Å². The van der Waals surface area contributed by atoms with Crippen molar-refractivity contribution in [1.82, 2.24) is 4.90 Å². The predicted octanol–water partition coefficient (Wildman–Crippen LogP) is -3.47. The highest BCUT2D eigenvalue weighted by atomic mass is 16.6. The van der Waals surface area contributed by atoms with Crippen molar-refractivity contribution in [2.75, 3.05) is 26.2 Å². The van der Waals surface area contributed by atoms with Crippen LogP contribution in [-0.2, 0) is 33.4 Å². The van der Waals surface area contributed by atoms with Crippen LogP contribution in [0.5, 0.6) is 0 Å². The zero-order chi connectivity index (χ0) is 22.3. The van der Waals surface area contributed by atoms with Gasteiger partial charge in [-0.05, 0) is 20.8 Å². The highest BCUT2D eigenvalue weighted by molar-refractivity contribution is 6.32. The Labute approximate surface area is 160 Å². The van der Waals surface area contributed by atoms with E-state index in [1.807, 2.05) is 0 Å². The summed E-state index contributed by atoms with van der Waals surface area (Å²) in [6.45, 7) is 0.571. The molecule has 0 aliphatic heterocycles. The average Bonchev–Trinajstić information content (AvgIpc) is 2.62. The summed E-state index contributed by atoms with van der Waals surface area (Å²) in [6, 6.07) is 0. The molecule has 158 valence electrons. The van der Waals surface area contributed by atoms with Crippen molar-refractivity contribution in [3.05, 3.63) is 0 Å². The van der Waals surface area contributed by atoms with E-state index in [-0.39, 0.29) is 4.90 Å². The number of hydrogen-bond donors (Lipinski definition) is 4. The molecule has 13 nitrogen and oxygen atoms in total. The number of nitrogens with two attached hydrogens (primary N) is 4. The van der Waals surface area contributed by atoms with Gasteiger partial charge in [0.05, 0.1) is 26.2 Å². The van der Waals surface area contributed by atoms with Crippen LogP contribution in [-0.4, -0.2) is 77.7 Å². The van der Waals surface area contributed by atoms with Gasteiger partial charge in [-0.2, -0.15) is 0 Å². The van der Waals surface area contributed by atoms with Gasteiger partial charge in [0, 0.05) is 0 Å². The summed E-state index contributed by atoms with van der Waals surface area (Å²) >= 11 is 0. The third-order valence-corrected chi connectivity index (χ3v) is 3.18. The molecule has 0 aromatic rings. The minimum atomic E-state index is -3.30. The highest BCUT2D eigenvalue weighted by Crippen LogP contribution is 2.24. The van der Waals surface area contributed by atoms with Crippen LogP contribution in [0.1, 0.15) is 20.8 Å². The number of Topliss-reactive ketones (excluding diaryl/α,β-unsaturated/α-hetero) is 2. The zero-order valence-electron chi connectivity index (χ0n) is 15.9. The van der Waals surface area contributed by atoms with Crippen molar-refractivity contribution in [2.45, 2.75) is 31.9 Å². The van der Waals surface area contributed by atoms with Gasteiger partial charge in [-0.3, -0.25) is 19.2 Å². The molecular weight excluding hydrogens is 378 g/mol. The molecule has 0 aromatic heterocycles. The van der Waals surface area contributed by atoms with E-state index in [0.717, 1.165) is 0 Å². The number of ketones is 2. The maximum absolute atomic E-state index is 12.7. The van der Waals surface area contributed by atoms with Gasteiger partial charge < -0.3 is 32.4 Å². The first-order valence-electron chi connectivity index (χ1n) is 8.01. The fourth-order valence-corrected chi connectivity index (χ4v) is 2.06. The molecule has 0 saturated carbocycles. The lowest BCUT2D eigenvalue weighted by Crippen LogP contribution is -2.72. The van der Waals surface area contributed by atoms with Gasteiger partial charge in [0.1, 0.15) is 5.60 Å². The summed E-state index contributed by atoms with van der Waals surface area (Å²) in [5.74, 6) is -7.44. The monoisotopic (exact) mass is 403 g/mol. The summed E-state index contributed by atoms with van der Waals surface area (Å²) in [6.07, 6.45) is -1.57. The number of carbonyl (C=O) groups is 6. The number of ether oxygens (including phenoxy) is 2. The van der Waals surface area contributed by atoms with Crippen LogP contribution in [0.15, 0.2) is 0 Å². The molecule has 0 unspecified atom stereocenters. The second kappa shape index (κ2) is 9.98. The molecule has 2 amide bonds. The van der Waals surface area contributed by atoms with Gasteiger partial charge >= 0.3 is 18.0 Å². The van der Waals surface area contributed by atoms with E-state index in [9.17, 15) is 28.8 Å². The molecule has 0 heterocycles. The zero-order valence-corrected chi connectivity index (χ0v) is 15.9. The summed E-state index contributed by atoms with van der Waals surface area (Å²) in [7, 11) is 0. The molecule has 0 saturated heterocycles. The third-order valence-electron chi connectivity index (χ3n) is 3.18. The second-order valence-corrected chi connectivity index (χ2v) is 6.34. The molecule has 0 aliphatic carbocycles. The molecule has 0 atom stereocenters. The van der Waals surface area contributed by atoms with E-state index in [1.165, 1.54) is 20.8 Å². The molecule has 0 spiro atoms. The Bertz CT molecular complexity index is 654. The van der Waals surface area contributed by atoms with Gasteiger partial charge in [0.25, 0.3) is 5.54 Å². The van der Waals surface area contributed by atoms with Crippen LogP contribution in [0, 0.1) is 0 Å². The van der Waals surface area contributed by atoms with Gasteiger partial charge in [-0.1, -0.05) is 0 Å². The minimum absolute atomic E-state index is 0.116. The maximum Gasteiger partial charge on any atom is 0.418 e. The predicted molar refractivity (Wildman–Crippen MR) is 93.1 cm³/mol. The Morgan fingerprint density at radius 3 is 1.57 bits per heavy atom. The largest absolute Gasteiger partial charge is 0.443 e. The lowest BCUT2D eigenvalue weighted by atomic mass is 9.86. The Morgan fingerprint density at radius 1 is 0.786 bits per heavy atom. The number of amides is 2. The molecule has 28 heavy (non-hydrogen) atoms. The van der Waals surface area contributed by atoms with Crippen molar-refractivity contribution in [1.29, 1.82) is 0 Å². The standard InChI is InChI=1S/C15H25N5O8/c1-14(2,3)28-13(26)20(10(23)6-18)15(8(21)4-16,9(22)5-17)12(25)27-11(24)7-19/h4-7,16-19H2,1-3H3. The van der Waals surface area contributed by atoms with Crippen molar-refractivity contribution >= 4 is 35.5 Å². The first kappa shape index (κ1) is 25.3. The first-order valence-corrected chi connectivity index (χ1v) is 8.01. The summed E-state index contributed by atoms with van der Waals surface area (Å²) in [5.41, 5.74) is 16.4. The number of rotatable bonds is 8. The summed E-state index contributed by atoms with van der Waals surface area (Å²) in [4.78, 5) is 74.2. The van der Waals surface area contributed by atoms with Crippen LogP contribution in [0.25, 0.3) is 0 Å². The van der Waals surface area contributed by atoms with Crippen LogP contribution in [0.2, 0.25) is 0 Å². The lowest BCUT2D eigenvalue weighted by molar-refractivity contribution is -0.174. The number of esters is 2. The lowest BCUT2D eigenvalue weighted by Gasteiger charge is -2.37. The van der Waals surface area contributed by atoms with Crippen LogP contribution < -0.4 is 22.9 Å². The quantitative estimate of drug-likeness (QED) is 0.229. The Morgan fingerprint density at radius 2 is 1.25 bits per heavy atom.